The summed E-state index contributed by atoms with van der Waals surface area (Å²) in [7, 11) is -4.26. The minimum atomic E-state index is -4.26. The van der Waals surface area contributed by atoms with Crippen LogP contribution in [0, 0.1) is 10.1 Å². The molecule has 24 heavy (non-hydrogen) atoms. The number of rotatable bonds is 4. The summed E-state index contributed by atoms with van der Waals surface area (Å²) in [5.41, 5.74) is 0.597. The van der Waals surface area contributed by atoms with E-state index >= 15 is 0 Å². The highest BCUT2D eigenvalue weighted by Gasteiger charge is 2.28. The number of sulfonamides is 1. The monoisotopic (exact) mass is 387 g/mol. The van der Waals surface area contributed by atoms with Crippen molar-refractivity contribution in [1.29, 1.82) is 0 Å². The molecule has 9 nitrogen and oxygen atoms in total. The molecule has 12 heteroatoms. The molecule has 0 aliphatic rings. The van der Waals surface area contributed by atoms with Crippen LogP contribution in [-0.2, 0) is 10.0 Å². The van der Waals surface area contributed by atoms with Gasteiger partial charge in [0, 0.05) is 6.07 Å². The van der Waals surface area contributed by atoms with Gasteiger partial charge in [-0.05, 0) is 24.3 Å². The van der Waals surface area contributed by atoms with Crippen LogP contribution in [0.5, 0.6) is 0 Å². The Labute approximate surface area is 144 Å². The van der Waals surface area contributed by atoms with Crippen LogP contribution in [0.3, 0.4) is 0 Å². The zero-order valence-corrected chi connectivity index (χ0v) is 13.9. The van der Waals surface area contributed by atoms with E-state index in [1.807, 2.05) is 0 Å². The molecule has 0 aliphatic heterocycles. The summed E-state index contributed by atoms with van der Waals surface area (Å²) in [6, 6.07) is 6.58. The van der Waals surface area contributed by atoms with Gasteiger partial charge in [0.15, 0.2) is 0 Å². The predicted octanol–water partition coefficient (Wildman–Crippen LogP) is 2.97. The number of nitro benzene ring substituents is 1. The van der Waals surface area contributed by atoms with E-state index in [0.717, 1.165) is 12.1 Å². The maximum absolute atomic E-state index is 12.5. The van der Waals surface area contributed by atoms with Crippen molar-refractivity contribution in [1.82, 2.24) is 15.4 Å². The van der Waals surface area contributed by atoms with Crippen LogP contribution in [0.1, 0.15) is 0 Å². The molecule has 0 bridgehead atoms. The Balaban J connectivity index is 2.07. The largest absolute Gasteiger partial charge is 0.289 e. The van der Waals surface area contributed by atoms with Gasteiger partial charge in [0.2, 0.25) is 0 Å². The number of nitro groups is 1. The van der Waals surface area contributed by atoms with Gasteiger partial charge in [0.05, 0.1) is 15.6 Å². The number of benzene rings is 2. The van der Waals surface area contributed by atoms with E-state index in [4.69, 9.17) is 23.2 Å². The molecule has 1 aromatic heterocycles. The summed E-state index contributed by atoms with van der Waals surface area (Å²) >= 11 is 11.7. The number of hydrogen-bond acceptors (Lipinski definition) is 6. The number of aromatic amines is 1. The Kier molecular flexibility index (Phi) is 4.03. The van der Waals surface area contributed by atoms with E-state index in [0.29, 0.717) is 11.0 Å². The summed E-state index contributed by atoms with van der Waals surface area (Å²) < 4.78 is 27.4. The average Bonchev–Trinajstić information content (AvgIpc) is 2.93. The molecule has 3 rings (SSSR count). The van der Waals surface area contributed by atoms with E-state index in [2.05, 4.69) is 20.1 Å². The first kappa shape index (κ1) is 16.4. The highest BCUT2D eigenvalue weighted by Crippen LogP contribution is 2.37. The number of nitrogens with zero attached hydrogens (tertiary/aromatic N) is 3. The lowest BCUT2D eigenvalue weighted by molar-refractivity contribution is -0.384. The average molecular weight is 388 g/mol. The van der Waals surface area contributed by atoms with Gasteiger partial charge in [-0.25, -0.2) is 8.42 Å². The zero-order valence-electron chi connectivity index (χ0n) is 11.5. The summed E-state index contributed by atoms with van der Waals surface area (Å²) in [4.78, 5) is 9.57. The van der Waals surface area contributed by atoms with Crippen molar-refractivity contribution in [3.8, 4) is 0 Å². The van der Waals surface area contributed by atoms with E-state index in [-0.39, 0.29) is 10.7 Å². The SMILES string of the molecule is O=[N+]([O-])c1ccc(Cl)c(S(=O)(=O)Nc2ccc3n[nH]nc3c2)c1Cl. The van der Waals surface area contributed by atoms with Crippen molar-refractivity contribution < 1.29 is 13.3 Å². The van der Waals surface area contributed by atoms with Crippen LogP contribution >= 0.6 is 23.2 Å². The van der Waals surface area contributed by atoms with Gasteiger partial charge in [-0.15, -0.1) is 0 Å². The fourth-order valence-corrected chi connectivity index (χ4v) is 4.27. The fraction of sp³-hybridized carbons (Fsp3) is 0. The molecule has 2 aromatic carbocycles. The third kappa shape index (κ3) is 2.86. The van der Waals surface area contributed by atoms with Crippen molar-refractivity contribution in [2.45, 2.75) is 4.90 Å². The molecule has 0 radical (unpaired) electrons. The minimum Gasteiger partial charge on any atom is -0.279 e. The minimum absolute atomic E-state index is 0.176. The van der Waals surface area contributed by atoms with E-state index < -0.39 is 30.6 Å². The Morgan fingerprint density at radius 1 is 1.12 bits per heavy atom. The smallest absolute Gasteiger partial charge is 0.279 e. The lowest BCUT2D eigenvalue weighted by atomic mass is 10.3. The molecule has 1 heterocycles. The lowest BCUT2D eigenvalue weighted by Gasteiger charge is -2.11. The topological polar surface area (TPSA) is 131 Å². The summed E-state index contributed by atoms with van der Waals surface area (Å²) in [5.74, 6) is 0. The van der Waals surface area contributed by atoms with E-state index in [1.165, 1.54) is 12.1 Å². The molecule has 3 aromatic rings. The maximum atomic E-state index is 12.5. The van der Waals surface area contributed by atoms with Gasteiger partial charge in [-0.3, -0.25) is 14.8 Å². The Morgan fingerprint density at radius 3 is 2.54 bits per heavy atom. The van der Waals surface area contributed by atoms with Crippen molar-refractivity contribution in [3.05, 3.63) is 50.5 Å². The van der Waals surface area contributed by atoms with Crippen molar-refractivity contribution in [2.24, 2.45) is 0 Å². The van der Waals surface area contributed by atoms with E-state index in [9.17, 15) is 18.5 Å². The molecule has 0 atom stereocenters. The molecular weight excluding hydrogens is 381 g/mol. The fourth-order valence-electron chi connectivity index (χ4n) is 2.02. The van der Waals surface area contributed by atoms with Crippen LogP contribution in [0.25, 0.3) is 11.0 Å². The number of aromatic nitrogens is 3. The van der Waals surface area contributed by atoms with Crippen LogP contribution in [0.4, 0.5) is 11.4 Å². The first-order valence-electron chi connectivity index (χ1n) is 6.25. The molecule has 0 unspecified atom stereocenters. The van der Waals surface area contributed by atoms with E-state index in [1.54, 1.807) is 6.07 Å². The summed E-state index contributed by atoms with van der Waals surface area (Å²) in [6.45, 7) is 0. The molecule has 0 aliphatic carbocycles. The zero-order chi connectivity index (χ0) is 17.5. The lowest BCUT2D eigenvalue weighted by Crippen LogP contribution is -2.14. The van der Waals surface area contributed by atoms with Gasteiger partial charge in [0.1, 0.15) is 21.0 Å². The molecule has 0 fully saturated rings. The summed E-state index contributed by atoms with van der Waals surface area (Å²) in [5, 5.41) is 20.2. The second-order valence-corrected chi connectivity index (χ2v) is 7.00. The van der Waals surface area contributed by atoms with Crippen LogP contribution in [-0.4, -0.2) is 28.8 Å². The van der Waals surface area contributed by atoms with Crippen LogP contribution in [0.15, 0.2) is 35.2 Å². The van der Waals surface area contributed by atoms with Gasteiger partial charge in [-0.1, -0.05) is 23.2 Å². The maximum Gasteiger partial charge on any atom is 0.289 e. The Hall–Kier alpha value is -2.43. The van der Waals surface area contributed by atoms with Gasteiger partial charge in [-0.2, -0.15) is 15.4 Å². The Morgan fingerprint density at radius 2 is 1.83 bits per heavy atom. The predicted molar refractivity (Wildman–Crippen MR) is 87.8 cm³/mol. The van der Waals surface area contributed by atoms with Gasteiger partial charge in [0.25, 0.3) is 15.7 Å². The van der Waals surface area contributed by atoms with Gasteiger partial charge >= 0.3 is 0 Å². The number of fused-ring (bicyclic) bond motifs is 1. The normalized spacial score (nSPS) is 11.6. The number of nitrogens with one attached hydrogen (secondary N) is 2. The number of halogens is 2. The van der Waals surface area contributed by atoms with Crippen molar-refractivity contribution >= 4 is 55.6 Å². The van der Waals surface area contributed by atoms with Crippen molar-refractivity contribution in [3.63, 3.8) is 0 Å². The molecule has 0 spiro atoms. The number of anilines is 1. The standard InChI is InChI=1S/C12H7Cl2N5O4S/c13-7-2-4-10(19(20)21)11(14)12(7)24(22,23)17-6-1-3-8-9(5-6)16-18-15-8/h1-5,17H,(H,15,16,18). The molecule has 0 saturated heterocycles. The second kappa shape index (κ2) is 5.89. The van der Waals surface area contributed by atoms with Crippen LogP contribution < -0.4 is 4.72 Å². The number of hydrogen-bond donors (Lipinski definition) is 2. The highest BCUT2D eigenvalue weighted by atomic mass is 35.5. The third-order valence-electron chi connectivity index (χ3n) is 3.06. The summed E-state index contributed by atoms with van der Waals surface area (Å²) in [6.07, 6.45) is 0. The van der Waals surface area contributed by atoms with Gasteiger partial charge < -0.3 is 0 Å². The Bertz CT molecular complexity index is 1070. The molecule has 0 amide bonds. The quantitative estimate of drug-likeness (QED) is 0.522. The first-order valence-corrected chi connectivity index (χ1v) is 8.49. The number of H-pyrrole nitrogens is 1. The highest BCUT2D eigenvalue weighted by molar-refractivity contribution is 7.93. The molecular formula is C12H7Cl2N5O4S. The molecule has 0 saturated carbocycles. The second-order valence-electron chi connectivity index (χ2n) is 4.60. The molecule has 124 valence electrons. The first-order chi connectivity index (χ1) is 11.3. The van der Waals surface area contributed by atoms with Crippen LogP contribution in [0.2, 0.25) is 10.0 Å². The molecule has 2 N–H and O–H groups in total. The van der Waals surface area contributed by atoms with Crippen molar-refractivity contribution in [2.75, 3.05) is 4.72 Å². The third-order valence-corrected chi connectivity index (χ3v) is 5.45.